The molecule has 6 aromatic rings. The molecular formula is C26H20O2. The molecule has 0 aliphatic heterocycles. The highest BCUT2D eigenvalue weighted by atomic mass is 16.3. The van der Waals surface area contributed by atoms with Gasteiger partial charge in [-0.3, -0.25) is 0 Å². The summed E-state index contributed by atoms with van der Waals surface area (Å²) >= 11 is 0. The smallest absolute Gasteiger partial charge is 0.142 e. The van der Waals surface area contributed by atoms with E-state index < -0.39 is 0 Å². The first-order valence-electron chi connectivity index (χ1n) is 10.0. The van der Waals surface area contributed by atoms with Crippen molar-refractivity contribution in [3.05, 3.63) is 72.7 Å². The highest BCUT2D eigenvalue weighted by Gasteiger charge is 2.12. The van der Waals surface area contributed by atoms with Crippen molar-refractivity contribution < 1.29 is 8.83 Å². The Hall–Kier alpha value is -3.26. The van der Waals surface area contributed by atoms with Crippen molar-refractivity contribution in [1.29, 1.82) is 0 Å². The second kappa shape index (κ2) is 5.87. The van der Waals surface area contributed by atoms with E-state index >= 15 is 0 Å². The van der Waals surface area contributed by atoms with E-state index in [1.807, 2.05) is 6.07 Å². The largest absolute Gasteiger partial charge is 0.464 e. The Balaban J connectivity index is 1.66. The lowest BCUT2D eigenvalue weighted by atomic mass is 9.95. The number of aryl methyl sites for hydroxylation is 1. The number of furan rings is 2. The molecule has 0 saturated heterocycles. The molecular weight excluding hydrogens is 344 g/mol. The molecule has 0 aliphatic carbocycles. The third-order valence-corrected chi connectivity index (χ3v) is 5.92. The Morgan fingerprint density at radius 2 is 1.25 bits per heavy atom. The minimum atomic E-state index is 0.960. The number of fused-ring (bicyclic) bond motifs is 9. The van der Waals surface area contributed by atoms with Crippen LogP contribution in [0.5, 0.6) is 0 Å². The SMILES string of the molecule is CCCCc1cc2ccc3c4ccc5c(ccc6ccoc65)c4ccc3c2o1. The molecule has 0 unspecified atom stereocenters. The van der Waals surface area contributed by atoms with Gasteiger partial charge in [-0.05, 0) is 52.2 Å². The Kier molecular flexibility index (Phi) is 3.30. The summed E-state index contributed by atoms with van der Waals surface area (Å²) in [6.07, 6.45) is 5.11. The number of benzene rings is 4. The molecule has 0 atom stereocenters. The number of hydrogen-bond acceptors (Lipinski definition) is 2. The predicted molar refractivity (Wildman–Crippen MR) is 117 cm³/mol. The molecule has 2 heteroatoms. The van der Waals surface area contributed by atoms with Crippen LogP contribution in [0.3, 0.4) is 0 Å². The van der Waals surface area contributed by atoms with Crippen LogP contribution in [0.15, 0.2) is 75.8 Å². The summed E-state index contributed by atoms with van der Waals surface area (Å²) in [7, 11) is 0. The fraction of sp³-hybridized carbons (Fsp3) is 0.154. The van der Waals surface area contributed by atoms with Crippen LogP contribution >= 0.6 is 0 Å². The van der Waals surface area contributed by atoms with Gasteiger partial charge in [-0.1, -0.05) is 49.7 Å². The van der Waals surface area contributed by atoms with E-state index in [2.05, 4.69) is 61.5 Å². The second-order valence-corrected chi connectivity index (χ2v) is 7.62. The van der Waals surface area contributed by atoms with Crippen molar-refractivity contribution in [3.63, 3.8) is 0 Å². The third-order valence-electron chi connectivity index (χ3n) is 5.92. The summed E-state index contributed by atoms with van der Waals surface area (Å²) in [6.45, 7) is 2.21. The Morgan fingerprint density at radius 1 is 0.643 bits per heavy atom. The summed E-state index contributed by atoms with van der Waals surface area (Å²) in [4.78, 5) is 0. The van der Waals surface area contributed by atoms with Gasteiger partial charge in [0.2, 0.25) is 0 Å². The zero-order valence-corrected chi connectivity index (χ0v) is 15.8. The molecule has 136 valence electrons. The average Bonchev–Trinajstić information content (AvgIpc) is 3.37. The van der Waals surface area contributed by atoms with E-state index in [1.54, 1.807) is 6.26 Å². The summed E-state index contributed by atoms with van der Waals surface area (Å²) in [5, 5.41) is 9.65. The van der Waals surface area contributed by atoms with E-state index in [0.717, 1.165) is 40.5 Å². The second-order valence-electron chi connectivity index (χ2n) is 7.62. The molecule has 4 aromatic carbocycles. The monoisotopic (exact) mass is 364 g/mol. The van der Waals surface area contributed by atoms with Gasteiger partial charge in [0.1, 0.15) is 16.9 Å². The van der Waals surface area contributed by atoms with Crippen molar-refractivity contribution in [2.24, 2.45) is 0 Å². The molecule has 0 N–H and O–H groups in total. The van der Waals surface area contributed by atoms with Crippen LogP contribution < -0.4 is 0 Å². The first-order chi connectivity index (χ1) is 13.8. The fourth-order valence-corrected chi connectivity index (χ4v) is 4.49. The van der Waals surface area contributed by atoms with Gasteiger partial charge in [0.25, 0.3) is 0 Å². The average molecular weight is 364 g/mol. The lowest BCUT2D eigenvalue weighted by Crippen LogP contribution is -1.82. The number of hydrogen-bond donors (Lipinski definition) is 0. The molecule has 0 spiro atoms. The molecule has 2 aromatic heterocycles. The van der Waals surface area contributed by atoms with E-state index in [-0.39, 0.29) is 0 Å². The maximum absolute atomic E-state index is 6.25. The molecule has 0 fully saturated rings. The quantitative estimate of drug-likeness (QED) is 0.297. The molecule has 0 radical (unpaired) electrons. The van der Waals surface area contributed by atoms with E-state index in [9.17, 15) is 0 Å². The number of rotatable bonds is 3. The zero-order valence-electron chi connectivity index (χ0n) is 15.8. The van der Waals surface area contributed by atoms with E-state index in [1.165, 1.54) is 38.7 Å². The van der Waals surface area contributed by atoms with Crippen LogP contribution in [0.25, 0.3) is 54.3 Å². The lowest BCUT2D eigenvalue weighted by Gasteiger charge is -2.08. The van der Waals surface area contributed by atoms with Crippen molar-refractivity contribution in [1.82, 2.24) is 0 Å². The normalized spacial score (nSPS) is 12.2. The summed E-state index contributed by atoms with van der Waals surface area (Å²) in [5.41, 5.74) is 1.97. The van der Waals surface area contributed by atoms with Gasteiger partial charge >= 0.3 is 0 Å². The Labute approximate surface area is 162 Å². The third kappa shape index (κ3) is 2.15. The molecule has 2 nitrogen and oxygen atoms in total. The van der Waals surface area contributed by atoms with Gasteiger partial charge in [0.15, 0.2) is 0 Å². The molecule has 6 rings (SSSR count). The Bertz CT molecular complexity index is 1500. The molecule has 2 heterocycles. The first kappa shape index (κ1) is 15.8. The van der Waals surface area contributed by atoms with Crippen molar-refractivity contribution in [3.8, 4) is 0 Å². The molecule has 0 aliphatic rings. The summed E-state index contributed by atoms with van der Waals surface area (Å²) < 4.78 is 12.0. The van der Waals surface area contributed by atoms with Crippen molar-refractivity contribution in [2.75, 3.05) is 0 Å². The zero-order chi connectivity index (χ0) is 18.7. The summed E-state index contributed by atoms with van der Waals surface area (Å²) in [6, 6.07) is 21.8. The minimum absolute atomic E-state index is 0.960. The van der Waals surface area contributed by atoms with Crippen LogP contribution in [0.4, 0.5) is 0 Å². The number of unbranched alkanes of at least 4 members (excludes halogenated alkanes) is 1. The minimum Gasteiger partial charge on any atom is -0.464 e. The van der Waals surface area contributed by atoms with Gasteiger partial charge in [-0.25, -0.2) is 0 Å². The van der Waals surface area contributed by atoms with Crippen LogP contribution in [0.1, 0.15) is 25.5 Å². The van der Waals surface area contributed by atoms with Crippen molar-refractivity contribution >= 4 is 54.3 Å². The maximum Gasteiger partial charge on any atom is 0.142 e. The van der Waals surface area contributed by atoms with E-state index in [4.69, 9.17) is 8.83 Å². The maximum atomic E-state index is 6.25. The molecule has 0 saturated carbocycles. The van der Waals surface area contributed by atoms with Crippen LogP contribution in [0.2, 0.25) is 0 Å². The van der Waals surface area contributed by atoms with Crippen LogP contribution in [0, 0.1) is 0 Å². The standard InChI is InChI=1S/C26H20O2/c1-2-3-4-18-15-17-6-8-22-20-9-11-23-21(7-5-16-13-14-27-25(16)23)19(20)10-12-24(22)26(17)28-18/h5-15H,2-4H2,1H3. The van der Waals surface area contributed by atoms with Gasteiger partial charge in [-0.15, -0.1) is 0 Å². The summed E-state index contributed by atoms with van der Waals surface area (Å²) in [5.74, 6) is 1.09. The molecule has 0 amide bonds. The lowest BCUT2D eigenvalue weighted by molar-refractivity contribution is 0.539. The van der Waals surface area contributed by atoms with Crippen LogP contribution in [-0.2, 0) is 6.42 Å². The van der Waals surface area contributed by atoms with Gasteiger partial charge in [-0.2, -0.15) is 0 Å². The first-order valence-corrected chi connectivity index (χ1v) is 10.0. The molecule has 0 bridgehead atoms. The highest BCUT2D eigenvalue weighted by Crippen LogP contribution is 2.37. The van der Waals surface area contributed by atoms with Crippen molar-refractivity contribution in [2.45, 2.75) is 26.2 Å². The van der Waals surface area contributed by atoms with Gasteiger partial charge < -0.3 is 8.83 Å². The molecule has 28 heavy (non-hydrogen) atoms. The predicted octanol–water partition coefficient (Wildman–Crippen LogP) is 7.98. The van der Waals surface area contributed by atoms with Gasteiger partial charge in [0.05, 0.1) is 6.26 Å². The fourth-order valence-electron chi connectivity index (χ4n) is 4.49. The topological polar surface area (TPSA) is 26.3 Å². The Morgan fingerprint density at radius 3 is 2.00 bits per heavy atom. The highest BCUT2D eigenvalue weighted by molar-refractivity contribution is 6.23. The van der Waals surface area contributed by atoms with Crippen LogP contribution in [-0.4, -0.2) is 0 Å². The van der Waals surface area contributed by atoms with E-state index in [0.29, 0.717) is 0 Å². The van der Waals surface area contributed by atoms with Gasteiger partial charge in [0, 0.05) is 28.0 Å².